The largest absolute Gasteiger partial charge is 0.437 e. The SMILES string of the molecule is Cc1ccn(CCC(C)C)c(=O)c1C(=O)NCc1nc2ncccc2o1. The molecule has 0 radical (unpaired) electrons. The van der Waals surface area contributed by atoms with Gasteiger partial charge >= 0.3 is 0 Å². The number of amides is 1. The molecular formula is C19H22N4O3. The molecule has 3 aromatic heterocycles. The van der Waals surface area contributed by atoms with E-state index in [1.54, 1.807) is 42.1 Å². The second-order valence-corrected chi connectivity index (χ2v) is 6.67. The normalized spacial score (nSPS) is 11.2. The Labute approximate surface area is 151 Å². The van der Waals surface area contributed by atoms with E-state index < -0.39 is 5.91 Å². The molecule has 136 valence electrons. The molecule has 0 aromatic carbocycles. The van der Waals surface area contributed by atoms with Crippen LogP contribution >= 0.6 is 0 Å². The minimum absolute atomic E-state index is 0.0922. The highest BCUT2D eigenvalue weighted by Crippen LogP contribution is 2.12. The molecule has 7 heteroatoms. The Morgan fingerprint density at radius 3 is 2.88 bits per heavy atom. The van der Waals surface area contributed by atoms with Crippen LogP contribution in [0.4, 0.5) is 0 Å². The number of pyridine rings is 2. The van der Waals surface area contributed by atoms with Gasteiger partial charge in [-0.1, -0.05) is 13.8 Å². The van der Waals surface area contributed by atoms with Crippen molar-refractivity contribution < 1.29 is 9.21 Å². The molecule has 7 nitrogen and oxygen atoms in total. The summed E-state index contributed by atoms with van der Waals surface area (Å²) in [7, 11) is 0. The van der Waals surface area contributed by atoms with Crippen molar-refractivity contribution in [1.82, 2.24) is 19.9 Å². The molecular weight excluding hydrogens is 332 g/mol. The van der Waals surface area contributed by atoms with E-state index in [4.69, 9.17) is 4.42 Å². The van der Waals surface area contributed by atoms with E-state index in [9.17, 15) is 9.59 Å². The molecule has 0 aliphatic rings. The van der Waals surface area contributed by atoms with Crippen molar-refractivity contribution in [2.45, 2.75) is 40.3 Å². The van der Waals surface area contributed by atoms with Gasteiger partial charge in [-0.05, 0) is 43.0 Å². The Hall–Kier alpha value is -2.96. The summed E-state index contributed by atoms with van der Waals surface area (Å²) >= 11 is 0. The number of oxazole rings is 1. The minimum Gasteiger partial charge on any atom is -0.437 e. The standard InChI is InChI=1S/C19H22N4O3/c1-12(2)6-9-23-10-7-13(3)16(19(23)25)18(24)21-11-15-22-17-14(26-15)5-4-8-20-17/h4-5,7-8,10,12H,6,9,11H2,1-3H3,(H,21,24). The van der Waals surface area contributed by atoms with Crippen LogP contribution in [-0.4, -0.2) is 20.4 Å². The van der Waals surface area contributed by atoms with E-state index in [1.165, 1.54) is 0 Å². The Morgan fingerprint density at radius 1 is 1.35 bits per heavy atom. The first-order chi connectivity index (χ1) is 12.5. The molecule has 0 aliphatic heterocycles. The van der Waals surface area contributed by atoms with Gasteiger partial charge in [0.25, 0.3) is 11.5 Å². The van der Waals surface area contributed by atoms with Gasteiger partial charge in [0.1, 0.15) is 5.56 Å². The number of aromatic nitrogens is 3. The van der Waals surface area contributed by atoms with Crippen molar-refractivity contribution in [3.8, 4) is 0 Å². The second kappa shape index (κ2) is 7.51. The lowest BCUT2D eigenvalue weighted by atomic mass is 10.1. The number of rotatable bonds is 6. The lowest BCUT2D eigenvalue weighted by molar-refractivity contribution is 0.0944. The van der Waals surface area contributed by atoms with Gasteiger partial charge in [0.15, 0.2) is 11.2 Å². The number of nitrogens with zero attached hydrogens (tertiary/aromatic N) is 3. The number of carbonyl (C=O) groups excluding carboxylic acids is 1. The van der Waals surface area contributed by atoms with Crippen LogP contribution in [0.5, 0.6) is 0 Å². The lowest BCUT2D eigenvalue weighted by Crippen LogP contribution is -2.34. The molecule has 0 atom stereocenters. The van der Waals surface area contributed by atoms with Gasteiger partial charge < -0.3 is 14.3 Å². The highest BCUT2D eigenvalue weighted by molar-refractivity contribution is 5.95. The average molecular weight is 354 g/mol. The molecule has 0 aliphatic carbocycles. The molecule has 1 N–H and O–H groups in total. The summed E-state index contributed by atoms with van der Waals surface area (Å²) in [5.74, 6) is 0.399. The van der Waals surface area contributed by atoms with Crippen LogP contribution < -0.4 is 10.9 Å². The monoisotopic (exact) mass is 354 g/mol. The van der Waals surface area contributed by atoms with E-state index >= 15 is 0 Å². The van der Waals surface area contributed by atoms with Crippen molar-refractivity contribution in [3.05, 3.63) is 58.0 Å². The highest BCUT2D eigenvalue weighted by atomic mass is 16.3. The van der Waals surface area contributed by atoms with E-state index in [0.29, 0.717) is 35.1 Å². The van der Waals surface area contributed by atoms with Crippen LogP contribution in [0.25, 0.3) is 11.2 Å². The zero-order chi connectivity index (χ0) is 18.7. The topological polar surface area (TPSA) is 90.0 Å². The maximum Gasteiger partial charge on any atom is 0.263 e. The molecule has 0 saturated heterocycles. The summed E-state index contributed by atoms with van der Waals surface area (Å²) in [6, 6.07) is 5.30. The van der Waals surface area contributed by atoms with Crippen molar-refractivity contribution in [1.29, 1.82) is 0 Å². The predicted octanol–water partition coefficient (Wildman–Crippen LogP) is 2.67. The second-order valence-electron chi connectivity index (χ2n) is 6.67. The lowest BCUT2D eigenvalue weighted by Gasteiger charge is -2.11. The maximum absolute atomic E-state index is 12.6. The summed E-state index contributed by atoms with van der Waals surface area (Å²) in [6.07, 6.45) is 4.24. The maximum atomic E-state index is 12.6. The van der Waals surface area contributed by atoms with Gasteiger partial charge in [-0.3, -0.25) is 9.59 Å². The zero-order valence-electron chi connectivity index (χ0n) is 15.2. The van der Waals surface area contributed by atoms with Crippen LogP contribution in [-0.2, 0) is 13.1 Å². The van der Waals surface area contributed by atoms with Crippen molar-refractivity contribution in [2.75, 3.05) is 0 Å². The Balaban J connectivity index is 1.76. The molecule has 0 unspecified atom stereocenters. The number of hydrogen-bond acceptors (Lipinski definition) is 5. The van der Waals surface area contributed by atoms with Crippen LogP contribution in [0.3, 0.4) is 0 Å². The molecule has 0 saturated carbocycles. The number of fused-ring (bicyclic) bond motifs is 1. The molecule has 26 heavy (non-hydrogen) atoms. The van der Waals surface area contributed by atoms with Crippen LogP contribution in [0, 0.1) is 12.8 Å². The third-order valence-electron chi connectivity index (χ3n) is 4.16. The van der Waals surface area contributed by atoms with Gasteiger partial charge in [0.2, 0.25) is 5.89 Å². The first-order valence-corrected chi connectivity index (χ1v) is 8.64. The van der Waals surface area contributed by atoms with E-state index in [1.807, 2.05) is 0 Å². The van der Waals surface area contributed by atoms with E-state index in [0.717, 1.165) is 6.42 Å². The van der Waals surface area contributed by atoms with Crippen molar-refractivity contribution in [3.63, 3.8) is 0 Å². The first-order valence-electron chi connectivity index (χ1n) is 8.64. The van der Waals surface area contributed by atoms with Gasteiger partial charge in [-0.25, -0.2) is 4.98 Å². The molecule has 3 aromatic rings. The fourth-order valence-electron chi connectivity index (χ4n) is 2.65. The van der Waals surface area contributed by atoms with Crippen LogP contribution in [0.2, 0.25) is 0 Å². The third kappa shape index (κ3) is 3.82. The molecule has 0 fully saturated rings. The van der Waals surface area contributed by atoms with Gasteiger partial charge in [0.05, 0.1) is 6.54 Å². The summed E-state index contributed by atoms with van der Waals surface area (Å²) in [4.78, 5) is 33.5. The van der Waals surface area contributed by atoms with Crippen LogP contribution in [0.15, 0.2) is 39.8 Å². The number of hydrogen-bond donors (Lipinski definition) is 1. The first kappa shape index (κ1) is 17.8. The molecule has 1 amide bonds. The van der Waals surface area contributed by atoms with Gasteiger partial charge in [-0.15, -0.1) is 0 Å². The minimum atomic E-state index is -0.429. The third-order valence-corrected chi connectivity index (χ3v) is 4.16. The number of aryl methyl sites for hydroxylation is 2. The van der Waals surface area contributed by atoms with Gasteiger partial charge in [-0.2, -0.15) is 4.98 Å². The average Bonchev–Trinajstić information content (AvgIpc) is 3.02. The van der Waals surface area contributed by atoms with Crippen molar-refractivity contribution >= 4 is 17.1 Å². The van der Waals surface area contributed by atoms with Gasteiger partial charge in [0, 0.05) is 18.9 Å². The van der Waals surface area contributed by atoms with E-state index in [-0.39, 0.29) is 17.7 Å². The zero-order valence-corrected chi connectivity index (χ0v) is 15.2. The molecule has 0 bridgehead atoms. The quantitative estimate of drug-likeness (QED) is 0.735. The Bertz CT molecular complexity index is 955. The van der Waals surface area contributed by atoms with E-state index in [2.05, 4.69) is 29.1 Å². The highest BCUT2D eigenvalue weighted by Gasteiger charge is 2.17. The summed E-state index contributed by atoms with van der Waals surface area (Å²) in [6.45, 7) is 6.64. The smallest absolute Gasteiger partial charge is 0.263 e. The Kier molecular flexibility index (Phi) is 5.16. The molecule has 3 heterocycles. The van der Waals surface area contributed by atoms with Crippen LogP contribution in [0.1, 0.15) is 42.1 Å². The fraction of sp³-hybridized carbons (Fsp3) is 0.368. The molecule has 3 rings (SSSR count). The van der Waals surface area contributed by atoms with Crippen molar-refractivity contribution in [2.24, 2.45) is 5.92 Å². The predicted molar refractivity (Wildman–Crippen MR) is 97.9 cm³/mol. The fourth-order valence-corrected chi connectivity index (χ4v) is 2.65. The number of nitrogens with one attached hydrogen (secondary N) is 1. The molecule has 0 spiro atoms. The Morgan fingerprint density at radius 2 is 2.15 bits per heavy atom. The summed E-state index contributed by atoms with van der Waals surface area (Å²) < 4.78 is 7.12. The summed E-state index contributed by atoms with van der Waals surface area (Å²) in [5.41, 5.74) is 1.58. The summed E-state index contributed by atoms with van der Waals surface area (Å²) in [5, 5.41) is 2.71. The number of carbonyl (C=O) groups is 1.